The number of hydrogen-bond donors (Lipinski definition) is 1. The molecule has 0 aliphatic rings. The van der Waals surface area contributed by atoms with Gasteiger partial charge in [-0.05, 0) is 23.6 Å². The predicted molar refractivity (Wildman–Crippen MR) is 75.8 cm³/mol. The van der Waals surface area contributed by atoms with Crippen molar-refractivity contribution in [2.24, 2.45) is 11.1 Å². The third-order valence-corrected chi connectivity index (χ3v) is 3.44. The highest BCUT2D eigenvalue weighted by molar-refractivity contribution is 6.31. The van der Waals surface area contributed by atoms with Gasteiger partial charge in [-0.1, -0.05) is 37.5 Å². The van der Waals surface area contributed by atoms with E-state index in [-0.39, 0.29) is 16.5 Å². The molecule has 0 radical (unpaired) electrons. The first-order valence-corrected chi connectivity index (χ1v) is 6.69. The van der Waals surface area contributed by atoms with E-state index in [1.165, 1.54) is 12.1 Å². The molecular weight excluding hydrogens is 281 g/mol. The predicted octanol–water partition coefficient (Wildman–Crippen LogP) is 3.45. The fourth-order valence-corrected chi connectivity index (χ4v) is 1.77. The molecule has 1 aromatic heterocycles. The molecule has 2 aromatic rings. The summed E-state index contributed by atoms with van der Waals surface area (Å²) < 4.78 is 18.3. The number of halogens is 2. The Morgan fingerprint density at radius 2 is 2.10 bits per heavy atom. The molecule has 0 amide bonds. The highest BCUT2D eigenvalue weighted by Gasteiger charge is 2.23. The molecule has 1 heterocycles. The standard InChI is InChI=1S/C14H17ClFN3O/c1-14(2,3)11(17)7-12-18-13(19-20-12)8-4-5-10(16)9(15)6-8/h4-6,11H,7,17H2,1-3H3. The highest BCUT2D eigenvalue weighted by atomic mass is 35.5. The van der Waals surface area contributed by atoms with Gasteiger partial charge in [0.05, 0.1) is 5.02 Å². The van der Waals surface area contributed by atoms with E-state index in [0.717, 1.165) is 0 Å². The summed E-state index contributed by atoms with van der Waals surface area (Å²) in [5.74, 6) is 0.361. The molecule has 0 fully saturated rings. The summed E-state index contributed by atoms with van der Waals surface area (Å²) in [5.41, 5.74) is 6.64. The van der Waals surface area contributed by atoms with Crippen molar-refractivity contribution >= 4 is 11.6 Å². The van der Waals surface area contributed by atoms with Gasteiger partial charge in [0.2, 0.25) is 11.7 Å². The topological polar surface area (TPSA) is 64.9 Å². The van der Waals surface area contributed by atoms with E-state index >= 15 is 0 Å². The molecule has 6 heteroatoms. The lowest BCUT2D eigenvalue weighted by Gasteiger charge is -2.25. The van der Waals surface area contributed by atoms with Crippen molar-refractivity contribution < 1.29 is 8.91 Å². The van der Waals surface area contributed by atoms with Crippen LogP contribution in [0.1, 0.15) is 26.7 Å². The molecule has 0 bridgehead atoms. The fraction of sp³-hybridized carbons (Fsp3) is 0.429. The Morgan fingerprint density at radius 1 is 1.40 bits per heavy atom. The minimum Gasteiger partial charge on any atom is -0.339 e. The lowest BCUT2D eigenvalue weighted by molar-refractivity contribution is 0.286. The van der Waals surface area contributed by atoms with Gasteiger partial charge < -0.3 is 10.3 Å². The minimum atomic E-state index is -0.478. The average molecular weight is 298 g/mol. The molecule has 2 N–H and O–H groups in total. The lowest BCUT2D eigenvalue weighted by Crippen LogP contribution is -2.36. The lowest BCUT2D eigenvalue weighted by atomic mass is 9.85. The van der Waals surface area contributed by atoms with Gasteiger partial charge in [0.1, 0.15) is 5.82 Å². The van der Waals surface area contributed by atoms with Gasteiger partial charge >= 0.3 is 0 Å². The number of aromatic nitrogens is 2. The van der Waals surface area contributed by atoms with Crippen LogP contribution in [-0.2, 0) is 6.42 Å². The van der Waals surface area contributed by atoms with Crippen LogP contribution in [0, 0.1) is 11.2 Å². The van der Waals surface area contributed by atoms with Crippen molar-refractivity contribution in [1.82, 2.24) is 10.1 Å². The Hall–Kier alpha value is -1.46. The maximum absolute atomic E-state index is 13.1. The molecule has 1 unspecified atom stereocenters. The van der Waals surface area contributed by atoms with Gasteiger partial charge in [0, 0.05) is 18.0 Å². The molecule has 108 valence electrons. The summed E-state index contributed by atoms with van der Waals surface area (Å²) >= 11 is 5.73. The molecular formula is C14H17ClFN3O. The van der Waals surface area contributed by atoms with Crippen LogP contribution >= 0.6 is 11.6 Å². The molecule has 2 rings (SSSR count). The van der Waals surface area contributed by atoms with E-state index in [1.807, 2.05) is 0 Å². The van der Waals surface area contributed by atoms with Gasteiger partial charge in [0.15, 0.2) is 0 Å². The van der Waals surface area contributed by atoms with Crippen LogP contribution in [0.2, 0.25) is 5.02 Å². The molecule has 0 aliphatic carbocycles. The second-order valence-corrected chi connectivity index (χ2v) is 6.22. The zero-order chi connectivity index (χ0) is 14.9. The summed E-state index contributed by atoms with van der Waals surface area (Å²) in [6, 6.07) is 4.20. The van der Waals surface area contributed by atoms with Gasteiger partial charge in [-0.25, -0.2) is 4.39 Å². The van der Waals surface area contributed by atoms with Crippen molar-refractivity contribution in [3.05, 3.63) is 34.9 Å². The maximum Gasteiger partial charge on any atom is 0.228 e. The third-order valence-electron chi connectivity index (χ3n) is 3.15. The maximum atomic E-state index is 13.1. The number of nitrogens with two attached hydrogens (primary N) is 1. The first-order valence-electron chi connectivity index (χ1n) is 6.31. The summed E-state index contributed by atoms with van der Waals surface area (Å²) in [6.45, 7) is 6.15. The molecule has 20 heavy (non-hydrogen) atoms. The summed E-state index contributed by atoms with van der Waals surface area (Å²) in [5, 5.41) is 3.90. The number of hydrogen-bond acceptors (Lipinski definition) is 4. The van der Waals surface area contributed by atoms with Crippen molar-refractivity contribution in [3.63, 3.8) is 0 Å². The Morgan fingerprint density at radius 3 is 2.70 bits per heavy atom. The van der Waals surface area contributed by atoms with E-state index in [0.29, 0.717) is 23.7 Å². The minimum absolute atomic E-state index is 0.0280. The molecule has 1 atom stereocenters. The van der Waals surface area contributed by atoms with E-state index in [4.69, 9.17) is 21.9 Å². The fourth-order valence-electron chi connectivity index (χ4n) is 1.58. The normalized spacial score (nSPS) is 13.5. The van der Waals surface area contributed by atoms with Gasteiger partial charge in [-0.2, -0.15) is 4.98 Å². The van der Waals surface area contributed by atoms with Crippen LogP contribution in [0.15, 0.2) is 22.7 Å². The molecule has 0 aliphatic heterocycles. The van der Waals surface area contributed by atoms with Gasteiger partial charge in [-0.15, -0.1) is 0 Å². The van der Waals surface area contributed by atoms with Crippen molar-refractivity contribution in [2.45, 2.75) is 33.2 Å². The van der Waals surface area contributed by atoms with E-state index < -0.39 is 5.82 Å². The monoisotopic (exact) mass is 297 g/mol. The number of benzene rings is 1. The Balaban J connectivity index is 2.18. The largest absolute Gasteiger partial charge is 0.339 e. The van der Waals surface area contributed by atoms with E-state index in [2.05, 4.69) is 30.9 Å². The molecule has 1 aromatic carbocycles. The quantitative estimate of drug-likeness (QED) is 0.942. The van der Waals surface area contributed by atoms with E-state index in [9.17, 15) is 4.39 Å². The second-order valence-electron chi connectivity index (χ2n) is 5.82. The smallest absolute Gasteiger partial charge is 0.228 e. The Kier molecular flexibility index (Phi) is 4.11. The van der Waals surface area contributed by atoms with Crippen molar-refractivity contribution in [2.75, 3.05) is 0 Å². The zero-order valence-corrected chi connectivity index (χ0v) is 12.4. The molecule has 4 nitrogen and oxygen atoms in total. The van der Waals surface area contributed by atoms with Crippen LogP contribution in [0.4, 0.5) is 4.39 Å². The Labute approximate surface area is 122 Å². The molecule has 0 saturated heterocycles. The summed E-state index contributed by atoms with van der Waals surface area (Å²) in [6.07, 6.45) is 0.491. The van der Waals surface area contributed by atoms with Gasteiger partial charge in [-0.3, -0.25) is 0 Å². The summed E-state index contributed by atoms with van der Waals surface area (Å²) in [4.78, 5) is 4.27. The third kappa shape index (κ3) is 3.35. The summed E-state index contributed by atoms with van der Waals surface area (Å²) in [7, 11) is 0. The van der Waals surface area contributed by atoms with Crippen molar-refractivity contribution in [3.8, 4) is 11.4 Å². The van der Waals surface area contributed by atoms with Crippen LogP contribution in [-0.4, -0.2) is 16.2 Å². The zero-order valence-electron chi connectivity index (χ0n) is 11.7. The van der Waals surface area contributed by atoms with Crippen LogP contribution in [0.25, 0.3) is 11.4 Å². The van der Waals surface area contributed by atoms with Gasteiger partial charge in [0.25, 0.3) is 0 Å². The van der Waals surface area contributed by atoms with Crippen LogP contribution in [0.3, 0.4) is 0 Å². The van der Waals surface area contributed by atoms with Crippen molar-refractivity contribution in [1.29, 1.82) is 0 Å². The number of rotatable bonds is 3. The van der Waals surface area contributed by atoms with Crippen LogP contribution < -0.4 is 5.73 Å². The number of nitrogens with zero attached hydrogens (tertiary/aromatic N) is 2. The molecule has 0 spiro atoms. The first kappa shape index (κ1) is 14.9. The van der Waals surface area contributed by atoms with Crippen LogP contribution in [0.5, 0.6) is 0 Å². The second kappa shape index (κ2) is 5.50. The first-order chi connectivity index (χ1) is 9.27. The Bertz CT molecular complexity index is 607. The molecule has 0 saturated carbocycles. The SMILES string of the molecule is CC(C)(C)C(N)Cc1nc(-c2ccc(F)c(Cl)c2)no1. The average Bonchev–Trinajstić information content (AvgIpc) is 2.80. The van der Waals surface area contributed by atoms with E-state index in [1.54, 1.807) is 6.07 Å². The highest BCUT2D eigenvalue weighted by Crippen LogP contribution is 2.24.